The molecule has 3 heterocycles. The van der Waals surface area contributed by atoms with Gasteiger partial charge >= 0.3 is 0 Å². The molecule has 24 heavy (non-hydrogen) atoms. The molecule has 0 aliphatic carbocycles. The Morgan fingerprint density at radius 1 is 1.25 bits per heavy atom. The zero-order valence-corrected chi connectivity index (χ0v) is 14.7. The Labute approximate surface area is 145 Å². The van der Waals surface area contributed by atoms with Crippen LogP contribution in [-0.4, -0.2) is 71.1 Å². The fourth-order valence-electron chi connectivity index (χ4n) is 2.99. The SMILES string of the molecule is CC(=O)N1CCCN(CC(=O)Nc2nnc(C3CCCO3)s2)CC1. The summed E-state index contributed by atoms with van der Waals surface area (Å²) in [4.78, 5) is 27.5. The fraction of sp³-hybridized carbons (Fsp3) is 0.733. The van der Waals surface area contributed by atoms with Gasteiger partial charge in [0.15, 0.2) is 0 Å². The van der Waals surface area contributed by atoms with Gasteiger partial charge in [0, 0.05) is 39.7 Å². The molecule has 2 aliphatic rings. The number of carbonyl (C=O) groups excluding carboxylic acids is 2. The number of hydrogen-bond donors (Lipinski definition) is 1. The van der Waals surface area contributed by atoms with E-state index in [-0.39, 0.29) is 17.9 Å². The molecule has 2 amide bonds. The lowest BCUT2D eigenvalue weighted by Gasteiger charge is -2.20. The van der Waals surface area contributed by atoms with Crippen molar-refractivity contribution in [2.24, 2.45) is 0 Å². The lowest BCUT2D eigenvalue weighted by Crippen LogP contribution is -2.37. The minimum Gasteiger partial charge on any atom is -0.371 e. The second kappa shape index (κ2) is 8.00. The predicted octanol–water partition coefficient (Wildman–Crippen LogP) is 0.882. The maximum atomic E-state index is 12.2. The zero-order chi connectivity index (χ0) is 16.9. The van der Waals surface area contributed by atoms with Gasteiger partial charge in [0.1, 0.15) is 11.1 Å². The molecule has 0 aromatic carbocycles. The van der Waals surface area contributed by atoms with Crippen molar-refractivity contribution in [2.45, 2.75) is 32.3 Å². The van der Waals surface area contributed by atoms with Crippen molar-refractivity contribution in [3.8, 4) is 0 Å². The minimum absolute atomic E-state index is 0.0244. The van der Waals surface area contributed by atoms with Gasteiger partial charge in [0.25, 0.3) is 0 Å². The molecule has 1 N–H and O–H groups in total. The smallest absolute Gasteiger partial charge is 0.240 e. The Morgan fingerprint density at radius 3 is 2.88 bits per heavy atom. The molecule has 1 unspecified atom stereocenters. The van der Waals surface area contributed by atoms with E-state index >= 15 is 0 Å². The Kier molecular flexibility index (Phi) is 5.75. The van der Waals surface area contributed by atoms with Gasteiger partial charge in [-0.3, -0.25) is 19.8 Å². The number of rotatable bonds is 4. The molecule has 8 nitrogen and oxygen atoms in total. The Bertz CT molecular complexity index is 587. The fourth-order valence-corrected chi connectivity index (χ4v) is 3.84. The first-order chi connectivity index (χ1) is 11.6. The minimum atomic E-state index is -0.0960. The summed E-state index contributed by atoms with van der Waals surface area (Å²) < 4.78 is 5.58. The maximum Gasteiger partial charge on any atom is 0.240 e. The van der Waals surface area contributed by atoms with Crippen LogP contribution in [0.25, 0.3) is 0 Å². The van der Waals surface area contributed by atoms with E-state index in [2.05, 4.69) is 20.4 Å². The summed E-state index contributed by atoms with van der Waals surface area (Å²) in [5, 5.41) is 12.3. The van der Waals surface area contributed by atoms with E-state index in [0.717, 1.165) is 44.0 Å². The molecule has 132 valence electrons. The van der Waals surface area contributed by atoms with Crippen LogP contribution in [0.15, 0.2) is 0 Å². The van der Waals surface area contributed by atoms with Crippen molar-refractivity contribution >= 4 is 28.3 Å². The molecule has 1 atom stereocenters. The Morgan fingerprint density at radius 2 is 2.12 bits per heavy atom. The Balaban J connectivity index is 1.47. The molecule has 2 saturated heterocycles. The second-order valence-corrected chi connectivity index (χ2v) is 7.14. The van der Waals surface area contributed by atoms with E-state index in [1.165, 1.54) is 11.3 Å². The third-order valence-electron chi connectivity index (χ3n) is 4.29. The molecule has 9 heteroatoms. The van der Waals surface area contributed by atoms with Gasteiger partial charge in [0.2, 0.25) is 16.9 Å². The topological polar surface area (TPSA) is 87.7 Å². The number of hydrogen-bond acceptors (Lipinski definition) is 7. The number of nitrogens with zero attached hydrogens (tertiary/aromatic N) is 4. The van der Waals surface area contributed by atoms with E-state index in [9.17, 15) is 9.59 Å². The van der Waals surface area contributed by atoms with E-state index in [4.69, 9.17) is 4.74 Å². The molecular formula is C15H23N5O3S. The molecule has 0 bridgehead atoms. The van der Waals surface area contributed by atoms with Crippen LogP contribution in [0.4, 0.5) is 5.13 Å². The van der Waals surface area contributed by atoms with Crippen LogP contribution in [0.5, 0.6) is 0 Å². The zero-order valence-electron chi connectivity index (χ0n) is 13.9. The molecule has 1 aromatic rings. The lowest BCUT2D eigenvalue weighted by atomic mass is 10.2. The molecule has 3 rings (SSSR count). The molecule has 0 spiro atoms. The maximum absolute atomic E-state index is 12.2. The highest BCUT2D eigenvalue weighted by Gasteiger charge is 2.23. The summed E-state index contributed by atoms with van der Waals surface area (Å²) in [5.74, 6) is -0.00172. The summed E-state index contributed by atoms with van der Waals surface area (Å²) in [7, 11) is 0. The van der Waals surface area contributed by atoms with E-state index < -0.39 is 0 Å². The summed E-state index contributed by atoms with van der Waals surface area (Å²) >= 11 is 1.38. The monoisotopic (exact) mass is 353 g/mol. The van der Waals surface area contributed by atoms with Crippen LogP contribution in [0.1, 0.15) is 37.3 Å². The van der Waals surface area contributed by atoms with Crippen LogP contribution >= 0.6 is 11.3 Å². The van der Waals surface area contributed by atoms with Crippen molar-refractivity contribution < 1.29 is 14.3 Å². The summed E-state index contributed by atoms with van der Waals surface area (Å²) in [6.07, 6.45) is 2.91. The first-order valence-electron chi connectivity index (χ1n) is 8.34. The van der Waals surface area contributed by atoms with Gasteiger partial charge in [-0.1, -0.05) is 11.3 Å². The third kappa shape index (κ3) is 4.49. The Hall–Kier alpha value is -1.58. The van der Waals surface area contributed by atoms with Gasteiger partial charge in [-0.15, -0.1) is 10.2 Å². The van der Waals surface area contributed by atoms with E-state index in [1.54, 1.807) is 6.92 Å². The molecular weight excluding hydrogens is 330 g/mol. The highest BCUT2D eigenvalue weighted by Crippen LogP contribution is 2.31. The highest BCUT2D eigenvalue weighted by atomic mass is 32.1. The number of amides is 2. The number of anilines is 1. The number of ether oxygens (including phenoxy) is 1. The van der Waals surface area contributed by atoms with Gasteiger partial charge in [0.05, 0.1) is 6.54 Å². The third-order valence-corrected chi connectivity index (χ3v) is 5.22. The number of aromatic nitrogens is 2. The number of nitrogens with one attached hydrogen (secondary N) is 1. The molecule has 0 radical (unpaired) electrons. The van der Waals surface area contributed by atoms with Gasteiger partial charge in [-0.05, 0) is 19.3 Å². The van der Waals surface area contributed by atoms with Crippen LogP contribution < -0.4 is 5.32 Å². The molecule has 1 aromatic heterocycles. The van der Waals surface area contributed by atoms with Crippen molar-refractivity contribution in [3.05, 3.63) is 5.01 Å². The molecule has 2 aliphatic heterocycles. The first-order valence-corrected chi connectivity index (χ1v) is 9.16. The first kappa shape index (κ1) is 17.2. The summed E-state index contributed by atoms with van der Waals surface area (Å²) in [6.45, 7) is 5.61. The van der Waals surface area contributed by atoms with Crippen molar-refractivity contribution in [2.75, 3.05) is 44.6 Å². The van der Waals surface area contributed by atoms with Crippen LogP contribution in [0.2, 0.25) is 0 Å². The van der Waals surface area contributed by atoms with Crippen molar-refractivity contribution in [1.82, 2.24) is 20.0 Å². The average Bonchev–Trinajstić information content (AvgIpc) is 3.16. The average molecular weight is 353 g/mol. The molecule has 0 saturated carbocycles. The van der Waals surface area contributed by atoms with Crippen molar-refractivity contribution in [3.63, 3.8) is 0 Å². The lowest BCUT2D eigenvalue weighted by molar-refractivity contribution is -0.128. The van der Waals surface area contributed by atoms with Crippen LogP contribution in [0, 0.1) is 0 Å². The second-order valence-electron chi connectivity index (χ2n) is 6.13. The van der Waals surface area contributed by atoms with Crippen LogP contribution in [-0.2, 0) is 14.3 Å². The summed E-state index contributed by atoms with van der Waals surface area (Å²) in [6, 6.07) is 0. The van der Waals surface area contributed by atoms with Gasteiger partial charge in [-0.2, -0.15) is 0 Å². The van der Waals surface area contributed by atoms with Crippen molar-refractivity contribution in [1.29, 1.82) is 0 Å². The predicted molar refractivity (Wildman–Crippen MR) is 89.8 cm³/mol. The number of carbonyl (C=O) groups is 2. The normalized spacial score (nSPS) is 22.4. The van der Waals surface area contributed by atoms with Crippen LogP contribution in [0.3, 0.4) is 0 Å². The quantitative estimate of drug-likeness (QED) is 0.865. The van der Waals surface area contributed by atoms with Gasteiger partial charge in [-0.25, -0.2) is 0 Å². The molecule has 2 fully saturated rings. The van der Waals surface area contributed by atoms with Gasteiger partial charge < -0.3 is 9.64 Å². The van der Waals surface area contributed by atoms with E-state index in [0.29, 0.717) is 24.8 Å². The highest BCUT2D eigenvalue weighted by molar-refractivity contribution is 7.15. The largest absolute Gasteiger partial charge is 0.371 e. The van der Waals surface area contributed by atoms with E-state index in [1.807, 2.05) is 4.90 Å². The summed E-state index contributed by atoms with van der Waals surface area (Å²) in [5.41, 5.74) is 0. The standard InChI is InChI=1S/C15H23N5O3S/c1-11(21)20-6-3-5-19(7-8-20)10-13(22)16-15-18-17-14(24-15)12-4-2-9-23-12/h12H,2-10H2,1H3,(H,16,18,22).